The molecule has 0 aliphatic heterocycles. The highest BCUT2D eigenvalue weighted by molar-refractivity contribution is 8.14. The van der Waals surface area contributed by atoms with Gasteiger partial charge in [0, 0.05) is 18.0 Å². The van der Waals surface area contributed by atoms with Gasteiger partial charge in [-0.3, -0.25) is 9.79 Å². The second-order valence-electron chi connectivity index (χ2n) is 6.19. The highest BCUT2D eigenvalue weighted by Gasteiger charge is 2.13. The average Bonchev–Trinajstić information content (AvgIpc) is 3.36. The molecule has 0 saturated heterocycles. The lowest BCUT2D eigenvalue weighted by Crippen LogP contribution is -2.06. The summed E-state index contributed by atoms with van der Waals surface area (Å²) in [7, 11) is 1.61. The summed E-state index contributed by atoms with van der Waals surface area (Å²) in [6, 6.07) is 11.6. The Bertz CT molecular complexity index is 1020. The first-order valence-corrected chi connectivity index (χ1v) is 10.1. The van der Waals surface area contributed by atoms with Crippen LogP contribution in [0.5, 0.6) is 0 Å². The van der Waals surface area contributed by atoms with E-state index in [0.29, 0.717) is 10.9 Å². The minimum atomic E-state index is -0.897. The molecule has 2 heterocycles. The number of benzene rings is 1. The summed E-state index contributed by atoms with van der Waals surface area (Å²) in [4.78, 5) is 19.5. The molecule has 0 amide bonds. The lowest BCUT2D eigenvalue weighted by Gasteiger charge is -2.05. The monoisotopic (exact) mass is 398 g/mol. The quantitative estimate of drug-likeness (QED) is 0.421. The second kappa shape index (κ2) is 9.41. The predicted molar refractivity (Wildman–Crippen MR) is 113 cm³/mol. The fourth-order valence-corrected chi connectivity index (χ4v) is 3.29. The fourth-order valence-electron chi connectivity index (χ4n) is 2.74. The van der Waals surface area contributed by atoms with Crippen molar-refractivity contribution in [1.82, 2.24) is 0 Å². The zero-order valence-electron chi connectivity index (χ0n) is 15.8. The molecule has 0 radical (unpaired) electrons. The van der Waals surface area contributed by atoms with Gasteiger partial charge in [-0.15, -0.1) is 0 Å². The summed E-state index contributed by atoms with van der Waals surface area (Å²) in [6.07, 6.45) is 4.37. The van der Waals surface area contributed by atoms with Crippen molar-refractivity contribution in [2.45, 2.75) is 26.2 Å². The van der Waals surface area contributed by atoms with Crippen molar-refractivity contribution in [3.63, 3.8) is 0 Å². The average molecular weight is 398 g/mol. The van der Waals surface area contributed by atoms with Crippen molar-refractivity contribution >= 4 is 39.6 Å². The van der Waals surface area contributed by atoms with Crippen LogP contribution in [0.1, 0.15) is 31.9 Å². The predicted octanol–water partition coefficient (Wildman–Crippen LogP) is 5.48. The molecule has 0 unspecified atom stereocenters. The zero-order valence-corrected chi connectivity index (χ0v) is 16.7. The summed E-state index contributed by atoms with van der Waals surface area (Å²) in [5.74, 6) is 0.445. The first-order chi connectivity index (χ1) is 13.6. The van der Waals surface area contributed by atoms with Crippen molar-refractivity contribution in [3.05, 3.63) is 48.4 Å². The number of unbranched alkanes of at least 4 members (excludes halogenated alkanes) is 1. The molecule has 0 fully saturated rings. The number of nitrogens with zero attached hydrogens (tertiary/aromatic N) is 2. The minimum Gasteiger partial charge on any atom is -0.481 e. The maximum Gasteiger partial charge on any atom is 0.313 e. The highest BCUT2D eigenvalue weighted by Crippen LogP contribution is 2.27. The van der Waals surface area contributed by atoms with E-state index >= 15 is 0 Å². The van der Waals surface area contributed by atoms with Crippen molar-refractivity contribution in [2.75, 3.05) is 12.8 Å². The number of aliphatic carboxylic acids is 1. The van der Waals surface area contributed by atoms with Gasteiger partial charge < -0.3 is 13.9 Å². The van der Waals surface area contributed by atoms with Gasteiger partial charge in [-0.25, -0.2) is 4.99 Å². The maximum absolute atomic E-state index is 10.8. The third-order valence-corrected chi connectivity index (χ3v) is 5.06. The Hall–Kier alpha value is -2.80. The lowest BCUT2D eigenvalue weighted by atomic mass is 10.1. The number of carboxylic acids is 1. The van der Waals surface area contributed by atoms with Crippen molar-refractivity contribution in [2.24, 2.45) is 9.98 Å². The van der Waals surface area contributed by atoms with Gasteiger partial charge >= 0.3 is 5.97 Å². The number of aliphatic imine (C=N–C) groups is 2. The van der Waals surface area contributed by atoms with E-state index in [-0.39, 0.29) is 5.75 Å². The summed E-state index contributed by atoms with van der Waals surface area (Å²) >= 11 is 1.10. The summed E-state index contributed by atoms with van der Waals surface area (Å²) in [5.41, 5.74) is 2.57. The number of hydrogen-bond acceptors (Lipinski definition) is 5. The lowest BCUT2D eigenvalue weighted by molar-refractivity contribution is -0.133. The van der Waals surface area contributed by atoms with Gasteiger partial charge in [-0.1, -0.05) is 25.1 Å². The van der Waals surface area contributed by atoms with E-state index in [1.165, 1.54) is 0 Å². The normalized spacial score (nSPS) is 12.6. The second-order valence-corrected chi connectivity index (χ2v) is 7.13. The molecule has 3 aromatic rings. The third-order valence-electron chi connectivity index (χ3n) is 4.14. The number of hydrogen-bond donors (Lipinski definition) is 1. The molecule has 1 N–H and O–H groups in total. The molecule has 0 aliphatic rings. The van der Waals surface area contributed by atoms with Crippen LogP contribution in [-0.2, 0) is 4.79 Å². The van der Waals surface area contributed by atoms with Crippen LogP contribution in [0, 0.1) is 0 Å². The summed E-state index contributed by atoms with van der Waals surface area (Å²) in [6.45, 7) is 2.11. The molecule has 3 rings (SSSR count). The molecule has 7 heteroatoms. The Morgan fingerprint density at radius 1 is 1.21 bits per heavy atom. The summed E-state index contributed by atoms with van der Waals surface area (Å²) < 4.78 is 11.5. The molecule has 6 nitrogen and oxygen atoms in total. The Balaban J connectivity index is 1.88. The van der Waals surface area contributed by atoms with E-state index in [1.807, 2.05) is 36.4 Å². The van der Waals surface area contributed by atoms with Crippen LogP contribution in [0.15, 0.2) is 61.5 Å². The molecule has 2 aromatic heterocycles. The number of furan rings is 2. The standard InChI is InChI=1S/C21H22N2O4S/c1-3-4-5-16(23-21(22-2)28-13-20(24)25)19-9-8-18(27-19)14-6-7-17-15(12-14)10-11-26-17/h6-12H,3-5,13H2,1-2H3,(H,24,25). The van der Waals surface area contributed by atoms with Crippen molar-refractivity contribution in [1.29, 1.82) is 0 Å². The van der Waals surface area contributed by atoms with E-state index in [0.717, 1.165) is 59.0 Å². The van der Waals surface area contributed by atoms with E-state index in [1.54, 1.807) is 13.3 Å². The first-order valence-electron chi connectivity index (χ1n) is 9.07. The Morgan fingerprint density at radius 3 is 2.82 bits per heavy atom. The molecule has 28 heavy (non-hydrogen) atoms. The number of fused-ring (bicyclic) bond motifs is 1. The van der Waals surface area contributed by atoms with Gasteiger partial charge in [-0.05, 0) is 49.2 Å². The third kappa shape index (κ3) is 4.92. The van der Waals surface area contributed by atoms with Crippen LogP contribution < -0.4 is 0 Å². The van der Waals surface area contributed by atoms with Crippen LogP contribution in [-0.4, -0.2) is 34.8 Å². The van der Waals surface area contributed by atoms with E-state index in [2.05, 4.69) is 16.9 Å². The molecule has 0 atom stereocenters. The first kappa shape index (κ1) is 19.9. The molecule has 0 aliphatic carbocycles. The van der Waals surface area contributed by atoms with Crippen molar-refractivity contribution in [3.8, 4) is 11.3 Å². The topological polar surface area (TPSA) is 88.3 Å². The van der Waals surface area contributed by atoms with Crippen LogP contribution >= 0.6 is 11.8 Å². The highest BCUT2D eigenvalue weighted by atomic mass is 32.2. The van der Waals surface area contributed by atoms with Gasteiger partial charge in [0.1, 0.15) is 17.1 Å². The minimum absolute atomic E-state index is 0.0780. The van der Waals surface area contributed by atoms with Crippen LogP contribution in [0.3, 0.4) is 0 Å². The van der Waals surface area contributed by atoms with Crippen LogP contribution in [0.2, 0.25) is 0 Å². The van der Waals surface area contributed by atoms with Crippen LogP contribution in [0.4, 0.5) is 0 Å². The number of thioether (sulfide) groups is 1. The SMILES string of the molecule is CCCCC(=NC(=NC)SCC(=O)O)c1ccc(-c2ccc3occc3c2)o1. The van der Waals surface area contributed by atoms with E-state index in [4.69, 9.17) is 13.9 Å². The molecule has 0 bridgehead atoms. The molecule has 0 saturated carbocycles. The fraction of sp³-hybridized carbons (Fsp3) is 0.286. The molecule has 146 valence electrons. The number of carbonyl (C=O) groups is 1. The van der Waals surface area contributed by atoms with Crippen LogP contribution in [0.25, 0.3) is 22.3 Å². The molecular formula is C21H22N2O4S. The van der Waals surface area contributed by atoms with Gasteiger partial charge in [-0.2, -0.15) is 0 Å². The Labute approximate surface area is 167 Å². The molecule has 1 aromatic carbocycles. The summed E-state index contributed by atoms with van der Waals surface area (Å²) in [5, 5.41) is 10.3. The van der Waals surface area contributed by atoms with Gasteiger partial charge in [0.15, 0.2) is 5.17 Å². The van der Waals surface area contributed by atoms with Gasteiger partial charge in [0.05, 0.1) is 17.7 Å². The maximum atomic E-state index is 10.8. The Morgan fingerprint density at radius 2 is 2.07 bits per heavy atom. The van der Waals surface area contributed by atoms with Gasteiger partial charge in [0.25, 0.3) is 0 Å². The number of rotatable bonds is 7. The van der Waals surface area contributed by atoms with Gasteiger partial charge in [0.2, 0.25) is 0 Å². The molecule has 0 spiro atoms. The van der Waals surface area contributed by atoms with E-state index in [9.17, 15) is 4.79 Å². The smallest absolute Gasteiger partial charge is 0.313 e. The van der Waals surface area contributed by atoms with Crippen molar-refractivity contribution < 1.29 is 18.7 Å². The zero-order chi connectivity index (χ0) is 19.9. The number of carboxylic acid groups (broad SMARTS) is 1. The number of amidine groups is 1. The largest absolute Gasteiger partial charge is 0.481 e. The molecular weight excluding hydrogens is 376 g/mol. The van der Waals surface area contributed by atoms with E-state index < -0.39 is 5.97 Å². The Kier molecular flexibility index (Phi) is 6.71.